The summed E-state index contributed by atoms with van der Waals surface area (Å²) in [6.07, 6.45) is 0. The number of hydrogen-bond acceptors (Lipinski definition) is 3. The first-order valence-corrected chi connectivity index (χ1v) is 4.95. The van der Waals surface area contributed by atoms with Gasteiger partial charge in [-0.15, -0.1) is 0 Å². The van der Waals surface area contributed by atoms with Crippen LogP contribution in [0.2, 0.25) is 0 Å². The number of nitrogen functional groups attached to an aromatic ring is 1. The van der Waals surface area contributed by atoms with Crippen molar-refractivity contribution in [2.45, 2.75) is 13.8 Å². The molecule has 3 N–H and O–H groups in total. The van der Waals surface area contributed by atoms with E-state index < -0.39 is 0 Å². The molecule has 16 heavy (non-hydrogen) atoms. The Morgan fingerprint density at radius 1 is 1.38 bits per heavy atom. The Morgan fingerprint density at radius 3 is 2.75 bits per heavy atom. The van der Waals surface area contributed by atoms with Crippen molar-refractivity contribution in [2.24, 2.45) is 0 Å². The summed E-state index contributed by atoms with van der Waals surface area (Å²) in [6, 6.07) is 8.06. The van der Waals surface area contributed by atoms with Gasteiger partial charge in [0.05, 0.1) is 0 Å². The molecule has 1 aromatic heterocycles. The normalized spacial score (nSPS) is 10.1. The number of H-pyrrole nitrogens is 1. The van der Waals surface area contributed by atoms with Crippen molar-refractivity contribution in [3.05, 3.63) is 35.0 Å². The summed E-state index contributed by atoms with van der Waals surface area (Å²) in [5.74, 6) is 0.897. The molecule has 0 amide bonds. The average molecular weight is 212 g/mol. The second-order valence-corrected chi connectivity index (χ2v) is 3.78. The molecule has 2 aromatic rings. The van der Waals surface area contributed by atoms with Crippen LogP contribution in [0.5, 0.6) is 0 Å². The van der Waals surface area contributed by atoms with Crippen LogP contribution in [0.3, 0.4) is 0 Å². The highest BCUT2D eigenvalue weighted by Gasteiger charge is 2.10. The van der Waals surface area contributed by atoms with E-state index in [0.29, 0.717) is 11.5 Å². The molecule has 0 unspecified atom stereocenters. The maximum atomic E-state index is 8.80. The number of nitrogens with zero attached hydrogens (tertiary/aromatic N) is 2. The molecule has 0 aliphatic carbocycles. The third kappa shape index (κ3) is 1.63. The summed E-state index contributed by atoms with van der Waals surface area (Å²) in [4.78, 5) is 7.07. The van der Waals surface area contributed by atoms with Gasteiger partial charge in [0.2, 0.25) is 0 Å². The third-order valence-electron chi connectivity index (χ3n) is 2.49. The zero-order valence-corrected chi connectivity index (χ0v) is 9.20. The minimum absolute atomic E-state index is 0.249. The smallest absolute Gasteiger partial charge is 0.161 e. The highest BCUT2D eigenvalue weighted by Crippen LogP contribution is 2.23. The molecule has 0 spiro atoms. The maximum Gasteiger partial charge on any atom is 0.161 e. The van der Waals surface area contributed by atoms with Gasteiger partial charge in [0, 0.05) is 5.56 Å². The van der Waals surface area contributed by atoms with E-state index in [1.807, 2.05) is 38.1 Å². The molecule has 4 heteroatoms. The van der Waals surface area contributed by atoms with Crippen molar-refractivity contribution in [3.8, 4) is 17.5 Å². The monoisotopic (exact) mass is 212 g/mol. The van der Waals surface area contributed by atoms with Gasteiger partial charge < -0.3 is 10.7 Å². The lowest BCUT2D eigenvalue weighted by Crippen LogP contribution is -1.88. The number of nitriles is 1. The number of aromatic nitrogens is 2. The van der Waals surface area contributed by atoms with E-state index in [2.05, 4.69) is 9.97 Å². The van der Waals surface area contributed by atoms with E-state index in [9.17, 15) is 0 Å². The predicted octanol–water partition coefficient (Wildman–Crippen LogP) is 2.15. The molecule has 0 bridgehead atoms. The molecule has 0 atom stereocenters. The first kappa shape index (κ1) is 10.2. The van der Waals surface area contributed by atoms with E-state index in [1.165, 1.54) is 0 Å². The SMILES string of the molecule is Cc1ccc(C)c(-c2nc(N)c(C#N)[nH]2)c1. The fourth-order valence-corrected chi connectivity index (χ4v) is 1.59. The molecule has 0 aliphatic rings. The Morgan fingerprint density at radius 2 is 2.12 bits per heavy atom. The van der Waals surface area contributed by atoms with E-state index in [1.54, 1.807) is 0 Å². The molecule has 0 saturated carbocycles. The van der Waals surface area contributed by atoms with Crippen LogP contribution in [0.15, 0.2) is 18.2 Å². The number of aromatic amines is 1. The first-order valence-electron chi connectivity index (χ1n) is 4.95. The van der Waals surface area contributed by atoms with Crippen molar-refractivity contribution in [2.75, 3.05) is 5.73 Å². The van der Waals surface area contributed by atoms with Gasteiger partial charge in [-0.3, -0.25) is 0 Å². The standard InChI is InChI=1S/C12H12N4/c1-7-3-4-8(2)9(5-7)12-15-10(6-13)11(14)16-12/h3-5H,14H2,1-2H3,(H,15,16). The lowest BCUT2D eigenvalue weighted by molar-refractivity contribution is 1.26. The summed E-state index contributed by atoms with van der Waals surface area (Å²) in [5, 5.41) is 8.80. The second kappa shape index (κ2) is 3.70. The highest BCUT2D eigenvalue weighted by atomic mass is 15.0. The number of rotatable bonds is 1. The Balaban J connectivity index is 2.59. The van der Waals surface area contributed by atoms with Crippen LogP contribution in [0.4, 0.5) is 5.82 Å². The Labute approximate surface area is 93.7 Å². The van der Waals surface area contributed by atoms with Gasteiger partial charge in [-0.05, 0) is 25.5 Å². The van der Waals surface area contributed by atoms with E-state index in [-0.39, 0.29) is 5.82 Å². The summed E-state index contributed by atoms with van der Waals surface area (Å²) >= 11 is 0. The van der Waals surface area contributed by atoms with Crippen molar-refractivity contribution >= 4 is 5.82 Å². The molecule has 80 valence electrons. The Hall–Kier alpha value is -2.28. The van der Waals surface area contributed by atoms with Gasteiger partial charge in [-0.1, -0.05) is 17.7 Å². The summed E-state index contributed by atoms with van der Waals surface area (Å²) in [5.41, 5.74) is 9.16. The number of benzene rings is 1. The molecule has 0 fully saturated rings. The zero-order chi connectivity index (χ0) is 11.7. The van der Waals surface area contributed by atoms with Crippen molar-refractivity contribution in [1.29, 1.82) is 5.26 Å². The lowest BCUT2D eigenvalue weighted by Gasteiger charge is -2.03. The minimum Gasteiger partial charge on any atom is -0.381 e. The van der Waals surface area contributed by atoms with Crippen LogP contribution in [-0.2, 0) is 0 Å². The second-order valence-electron chi connectivity index (χ2n) is 3.78. The number of nitrogens with one attached hydrogen (secondary N) is 1. The molecule has 0 radical (unpaired) electrons. The van der Waals surface area contributed by atoms with Gasteiger partial charge in [-0.25, -0.2) is 4.98 Å². The largest absolute Gasteiger partial charge is 0.381 e. The number of imidazole rings is 1. The summed E-state index contributed by atoms with van der Waals surface area (Å²) in [6.45, 7) is 4.01. The predicted molar refractivity (Wildman–Crippen MR) is 62.6 cm³/mol. The molecule has 0 aliphatic heterocycles. The molecule has 1 heterocycles. The molecule has 1 aromatic carbocycles. The van der Waals surface area contributed by atoms with Crippen LogP contribution >= 0.6 is 0 Å². The molecule has 4 nitrogen and oxygen atoms in total. The third-order valence-corrected chi connectivity index (χ3v) is 2.49. The van der Waals surface area contributed by atoms with Crippen LogP contribution in [0, 0.1) is 25.2 Å². The minimum atomic E-state index is 0.249. The van der Waals surface area contributed by atoms with Crippen LogP contribution < -0.4 is 5.73 Å². The summed E-state index contributed by atoms with van der Waals surface area (Å²) in [7, 11) is 0. The fraction of sp³-hybridized carbons (Fsp3) is 0.167. The molecule has 0 saturated heterocycles. The number of aryl methyl sites for hydroxylation is 2. The van der Waals surface area contributed by atoms with E-state index in [0.717, 1.165) is 16.7 Å². The van der Waals surface area contributed by atoms with Crippen molar-refractivity contribution in [3.63, 3.8) is 0 Å². The molecular weight excluding hydrogens is 200 g/mol. The zero-order valence-electron chi connectivity index (χ0n) is 9.20. The van der Waals surface area contributed by atoms with Crippen molar-refractivity contribution in [1.82, 2.24) is 9.97 Å². The molecular formula is C12H12N4. The van der Waals surface area contributed by atoms with Gasteiger partial charge in [0.15, 0.2) is 11.5 Å². The molecule has 2 rings (SSSR count). The fourth-order valence-electron chi connectivity index (χ4n) is 1.59. The quantitative estimate of drug-likeness (QED) is 0.760. The van der Waals surface area contributed by atoms with Crippen LogP contribution in [0.25, 0.3) is 11.4 Å². The first-order chi connectivity index (χ1) is 7.61. The van der Waals surface area contributed by atoms with E-state index >= 15 is 0 Å². The maximum absolute atomic E-state index is 8.80. The topological polar surface area (TPSA) is 78.5 Å². The number of anilines is 1. The van der Waals surface area contributed by atoms with E-state index in [4.69, 9.17) is 11.0 Å². The Kier molecular flexibility index (Phi) is 2.37. The lowest BCUT2D eigenvalue weighted by atomic mass is 10.1. The summed E-state index contributed by atoms with van der Waals surface area (Å²) < 4.78 is 0. The van der Waals surface area contributed by atoms with Crippen molar-refractivity contribution < 1.29 is 0 Å². The Bertz CT molecular complexity index is 575. The average Bonchev–Trinajstić information content (AvgIpc) is 2.63. The number of nitrogens with two attached hydrogens (primary N) is 1. The van der Waals surface area contributed by atoms with Gasteiger partial charge >= 0.3 is 0 Å². The van der Waals surface area contributed by atoms with Gasteiger partial charge in [-0.2, -0.15) is 5.26 Å². The van der Waals surface area contributed by atoms with Crippen LogP contribution in [-0.4, -0.2) is 9.97 Å². The highest BCUT2D eigenvalue weighted by molar-refractivity contribution is 5.65. The van der Waals surface area contributed by atoms with Crippen LogP contribution in [0.1, 0.15) is 16.8 Å². The van der Waals surface area contributed by atoms with Gasteiger partial charge in [0.1, 0.15) is 11.9 Å². The van der Waals surface area contributed by atoms with Gasteiger partial charge in [0.25, 0.3) is 0 Å². The number of hydrogen-bond donors (Lipinski definition) is 2.